The Labute approximate surface area is 153 Å². The number of aromatic nitrogens is 4. The molecule has 0 radical (unpaired) electrons. The Hall–Kier alpha value is -1.95. The molecule has 6 nitrogen and oxygen atoms in total. The molecule has 0 atom stereocenters. The van der Waals surface area contributed by atoms with Crippen LogP contribution in [0.3, 0.4) is 0 Å². The number of rotatable bonds is 6. The van der Waals surface area contributed by atoms with Crippen molar-refractivity contribution in [3.63, 3.8) is 0 Å². The van der Waals surface area contributed by atoms with Gasteiger partial charge in [0.2, 0.25) is 0 Å². The van der Waals surface area contributed by atoms with E-state index in [2.05, 4.69) is 25.7 Å². The monoisotopic (exact) mass is 353 g/mol. The van der Waals surface area contributed by atoms with Crippen LogP contribution in [0.5, 0.6) is 0 Å². The molecule has 3 fully saturated rings. The summed E-state index contributed by atoms with van der Waals surface area (Å²) in [5.74, 6) is 2.36. The number of hydrogen-bond donors (Lipinski definition) is 0. The number of imidazole rings is 1. The van der Waals surface area contributed by atoms with Crippen molar-refractivity contribution in [2.45, 2.75) is 63.6 Å². The average molecular weight is 353 g/mol. The van der Waals surface area contributed by atoms with Crippen LogP contribution in [0.4, 0.5) is 0 Å². The van der Waals surface area contributed by atoms with Gasteiger partial charge in [0.25, 0.3) is 5.56 Å². The zero-order chi connectivity index (χ0) is 17.5. The second-order valence-corrected chi connectivity index (χ2v) is 8.25. The van der Waals surface area contributed by atoms with Crippen molar-refractivity contribution >= 4 is 0 Å². The molecule has 0 bridgehead atoms. The summed E-state index contributed by atoms with van der Waals surface area (Å²) >= 11 is 0. The highest BCUT2D eigenvalue weighted by atomic mass is 16.1. The largest absolute Gasteiger partial charge is 0.331 e. The van der Waals surface area contributed by atoms with E-state index in [9.17, 15) is 4.79 Å². The van der Waals surface area contributed by atoms with Crippen molar-refractivity contribution in [1.29, 1.82) is 0 Å². The quantitative estimate of drug-likeness (QED) is 0.801. The molecule has 3 heterocycles. The second-order valence-electron chi connectivity index (χ2n) is 8.25. The van der Waals surface area contributed by atoms with Gasteiger partial charge in [-0.25, -0.2) is 9.67 Å². The van der Waals surface area contributed by atoms with E-state index in [-0.39, 0.29) is 5.56 Å². The lowest BCUT2D eigenvalue weighted by atomic mass is 9.97. The summed E-state index contributed by atoms with van der Waals surface area (Å²) in [7, 11) is 0. The van der Waals surface area contributed by atoms with Crippen LogP contribution in [0.25, 0.3) is 0 Å². The van der Waals surface area contributed by atoms with Crippen LogP contribution < -0.4 is 5.56 Å². The summed E-state index contributed by atoms with van der Waals surface area (Å²) in [6.45, 7) is 3.88. The maximum Gasteiger partial charge on any atom is 0.266 e. The lowest BCUT2D eigenvalue weighted by Gasteiger charge is -2.31. The minimum atomic E-state index is 0.0447. The van der Waals surface area contributed by atoms with Crippen LogP contribution >= 0.6 is 0 Å². The highest BCUT2D eigenvalue weighted by molar-refractivity contribution is 5.12. The molecule has 5 rings (SSSR count). The van der Waals surface area contributed by atoms with E-state index in [1.165, 1.54) is 31.5 Å². The van der Waals surface area contributed by atoms with Crippen molar-refractivity contribution in [1.82, 2.24) is 24.2 Å². The van der Waals surface area contributed by atoms with Crippen molar-refractivity contribution in [2.75, 3.05) is 13.1 Å². The van der Waals surface area contributed by atoms with E-state index in [1.54, 1.807) is 10.7 Å². The molecule has 0 aromatic carbocycles. The minimum Gasteiger partial charge on any atom is -0.331 e. The van der Waals surface area contributed by atoms with Crippen LogP contribution in [0.2, 0.25) is 0 Å². The highest BCUT2D eigenvalue weighted by Gasteiger charge is 2.28. The van der Waals surface area contributed by atoms with E-state index in [1.807, 2.05) is 12.3 Å². The highest BCUT2D eigenvalue weighted by Crippen LogP contribution is 2.38. The third kappa shape index (κ3) is 3.47. The molecule has 2 aromatic heterocycles. The molecule has 0 unspecified atom stereocenters. The van der Waals surface area contributed by atoms with Gasteiger partial charge >= 0.3 is 0 Å². The number of hydrogen-bond acceptors (Lipinski definition) is 4. The Morgan fingerprint density at radius 2 is 1.85 bits per heavy atom. The second kappa shape index (κ2) is 6.65. The first-order chi connectivity index (χ1) is 12.8. The third-order valence-corrected chi connectivity index (χ3v) is 6.08. The van der Waals surface area contributed by atoms with Gasteiger partial charge in [-0.2, -0.15) is 5.10 Å². The maximum absolute atomic E-state index is 12.2. The van der Waals surface area contributed by atoms with Gasteiger partial charge in [-0.3, -0.25) is 9.69 Å². The molecule has 3 aliphatic rings. The van der Waals surface area contributed by atoms with Crippen LogP contribution in [0.1, 0.15) is 62.0 Å². The summed E-state index contributed by atoms with van der Waals surface area (Å²) in [5, 5.41) is 4.62. The predicted octanol–water partition coefficient (Wildman–Crippen LogP) is 2.56. The Morgan fingerprint density at radius 3 is 2.58 bits per heavy atom. The molecule has 138 valence electrons. The molecule has 6 heteroatoms. The van der Waals surface area contributed by atoms with Crippen LogP contribution in [-0.2, 0) is 13.1 Å². The van der Waals surface area contributed by atoms with Gasteiger partial charge in [-0.05, 0) is 63.6 Å². The Morgan fingerprint density at radius 1 is 1.04 bits per heavy atom. The summed E-state index contributed by atoms with van der Waals surface area (Å²) in [6, 6.07) is 4.32. The van der Waals surface area contributed by atoms with Gasteiger partial charge in [0, 0.05) is 37.0 Å². The average Bonchev–Trinajstić information content (AvgIpc) is 3.58. The molecule has 1 aliphatic heterocycles. The maximum atomic E-state index is 12.2. The summed E-state index contributed by atoms with van der Waals surface area (Å²) in [6.07, 6.45) is 11.4. The molecular weight excluding hydrogens is 326 g/mol. The van der Waals surface area contributed by atoms with Gasteiger partial charge in [-0.1, -0.05) is 0 Å². The molecule has 2 saturated carbocycles. The summed E-state index contributed by atoms with van der Waals surface area (Å²) in [5.41, 5.74) is 1.15. The Balaban J connectivity index is 1.18. The number of nitrogens with zero attached hydrogens (tertiary/aromatic N) is 5. The van der Waals surface area contributed by atoms with Gasteiger partial charge in [-0.15, -0.1) is 0 Å². The van der Waals surface area contributed by atoms with E-state index >= 15 is 0 Å². The fourth-order valence-electron chi connectivity index (χ4n) is 4.12. The zero-order valence-electron chi connectivity index (χ0n) is 15.3. The van der Waals surface area contributed by atoms with Crippen molar-refractivity contribution in [3.8, 4) is 0 Å². The number of likely N-dealkylation sites (tertiary alicyclic amines) is 1. The fourth-order valence-corrected chi connectivity index (χ4v) is 4.12. The molecule has 1 saturated heterocycles. The molecule has 0 N–H and O–H groups in total. The lowest BCUT2D eigenvalue weighted by molar-refractivity contribution is 0.158. The fraction of sp³-hybridized carbons (Fsp3) is 0.650. The summed E-state index contributed by atoms with van der Waals surface area (Å²) < 4.78 is 4.08. The lowest BCUT2D eigenvalue weighted by Crippen LogP contribution is -2.37. The van der Waals surface area contributed by atoms with Gasteiger partial charge in [0.05, 0.1) is 12.2 Å². The van der Waals surface area contributed by atoms with E-state index in [0.29, 0.717) is 17.9 Å². The SMILES string of the molecule is O=c1ccc(C2CC2)nn1CC1CCN(Cc2nccn2C2CC2)CC1. The standard InChI is InChI=1S/C20H27N5O/c26-20-6-5-18(16-1-2-16)22-25(20)13-15-7-10-23(11-8-15)14-19-21-9-12-24(19)17-3-4-17/h5-6,9,12,15-17H,1-4,7-8,10-11,13-14H2. The Kier molecular flexibility index (Phi) is 4.15. The molecule has 2 aromatic rings. The van der Waals surface area contributed by atoms with Gasteiger partial charge in [0.15, 0.2) is 0 Å². The third-order valence-electron chi connectivity index (χ3n) is 6.08. The van der Waals surface area contributed by atoms with Gasteiger partial charge < -0.3 is 4.57 Å². The van der Waals surface area contributed by atoms with Crippen LogP contribution in [0, 0.1) is 5.92 Å². The molecule has 2 aliphatic carbocycles. The van der Waals surface area contributed by atoms with Crippen LogP contribution in [-0.4, -0.2) is 37.3 Å². The first-order valence-corrected chi connectivity index (χ1v) is 10.1. The smallest absolute Gasteiger partial charge is 0.266 e. The molecular formula is C20H27N5O. The van der Waals surface area contributed by atoms with E-state index in [0.717, 1.165) is 44.7 Å². The van der Waals surface area contributed by atoms with Crippen molar-refractivity contribution < 1.29 is 0 Å². The van der Waals surface area contributed by atoms with Gasteiger partial charge in [0.1, 0.15) is 5.82 Å². The predicted molar refractivity (Wildman–Crippen MR) is 99.0 cm³/mol. The molecule has 0 amide bonds. The minimum absolute atomic E-state index is 0.0447. The van der Waals surface area contributed by atoms with Crippen molar-refractivity contribution in [3.05, 3.63) is 46.4 Å². The topological polar surface area (TPSA) is 56.0 Å². The first-order valence-electron chi connectivity index (χ1n) is 10.1. The first kappa shape index (κ1) is 16.2. The molecule has 0 spiro atoms. The van der Waals surface area contributed by atoms with Crippen LogP contribution in [0.15, 0.2) is 29.3 Å². The van der Waals surface area contributed by atoms with Crippen molar-refractivity contribution in [2.24, 2.45) is 5.92 Å². The van der Waals surface area contributed by atoms with E-state index in [4.69, 9.17) is 0 Å². The normalized spacial score (nSPS) is 22.0. The van der Waals surface area contributed by atoms with E-state index < -0.39 is 0 Å². The Bertz CT molecular complexity index is 825. The summed E-state index contributed by atoms with van der Waals surface area (Å²) in [4.78, 5) is 19.2. The molecule has 26 heavy (non-hydrogen) atoms. The number of piperidine rings is 1. The zero-order valence-corrected chi connectivity index (χ0v) is 15.3.